The normalized spacial score (nSPS) is 14.6. The third-order valence-corrected chi connectivity index (χ3v) is 4.22. The van der Waals surface area contributed by atoms with Crippen LogP contribution < -0.4 is 4.74 Å². The highest BCUT2D eigenvalue weighted by atomic mass is 19.4. The molecule has 1 N–H and O–H groups in total. The summed E-state index contributed by atoms with van der Waals surface area (Å²) in [6.45, 7) is 6.15. The maximum atomic E-state index is 13.6. The van der Waals surface area contributed by atoms with Crippen LogP contribution in [0.25, 0.3) is 0 Å². The molecule has 0 fully saturated rings. The van der Waals surface area contributed by atoms with Gasteiger partial charge in [0.15, 0.2) is 5.60 Å². The Hall–Kier alpha value is -1.76. The lowest BCUT2D eigenvalue weighted by Gasteiger charge is -2.32. The number of nitrogens with zero attached hydrogens (tertiary/aromatic N) is 2. The van der Waals surface area contributed by atoms with Gasteiger partial charge < -0.3 is 14.7 Å². The molecule has 25 heavy (non-hydrogen) atoms. The molecule has 0 aliphatic rings. The van der Waals surface area contributed by atoms with Crippen LogP contribution in [0.4, 0.5) is 18.9 Å². The fraction of sp³-hybridized carbons (Fsp3) is 0.611. The number of hydrogen-bond acceptors (Lipinski definition) is 3. The summed E-state index contributed by atoms with van der Waals surface area (Å²) in [6, 6.07) is 2.76. The van der Waals surface area contributed by atoms with Crippen LogP contribution in [-0.4, -0.2) is 43.2 Å². The number of aryl methyl sites for hydroxylation is 1. The number of rotatable bonds is 8. The van der Waals surface area contributed by atoms with E-state index >= 15 is 0 Å². The number of unbranched alkanes of at least 4 members (excludes halogenated alkanes) is 1. The predicted octanol–water partition coefficient (Wildman–Crippen LogP) is 4.56. The molecule has 4 nitrogen and oxygen atoms in total. The average molecular weight is 360 g/mol. The molecule has 1 aromatic rings. The van der Waals surface area contributed by atoms with Gasteiger partial charge in [-0.15, -0.1) is 0 Å². The second-order valence-corrected chi connectivity index (χ2v) is 6.12. The molecule has 0 spiro atoms. The van der Waals surface area contributed by atoms with E-state index in [9.17, 15) is 18.3 Å². The van der Waals surface area contributed by atoms with E-state index in [1.165, 1.54) is 19.2 Å². The fourth-order valence-corrected chi connectivity index (χ4v) is 2.41. The molecule has 142 valence electrons. The standard InChI is InChI=1S/C18H27F3N2O2/c1-6-8-9-17(24,18(19,20)21)14-10-13(3)15(11-16(14)25-5)22-12-23(4)7-2/h10-12,24H,6-9H2,1-5H3/b22-12+. The number of methoxy groups -OCH3 is 1. The van der Waals surface area contributed by atoms with Crippen molar-refractivity contribution in [1.82, 2.24) is 4.90 Å². The van der Waals surface area contributed by atoms with Crippen molar-refractivity contribution in [1.29, 1.82) is 0 Å². The molecule has 1 unspecified atom stereocenters. The van der Waals surface area contributed by atoms with Crippen LogP contribution in [0.3, 0.4) is 0 Å². The number of aliphatic imine (C=N–C) groups is 1. The Kier molecular flexibility index (Phi) is 7.29. The van der Waals surface area contributed by atoms with E-state index in [0.29, 0.717) is 17.7 Å². The van der Waals surface area contributed by atoms with E-state index in [1.54, 1.807) is 20.2 Å². The number of hydrogen-bond donors (Lipinski definition) is 1. The summed E-state index contributed by atoms with van der Waals surface area (Å²) in [5, 5.41) is 10.5. The molecule has 0 bridgehead atoms. The van der Waals surface area contributed by atoms with E-state index in [1.807, 2.05) is 18.9 Å². The van der Waals surface area contributed by atoms with Crippen molar-refractivity contribution in [2.24, 2.45) is 4.99 Å². The zero-order valence-corrected chi connectivity index (χ0v) is 15.4. The minimum Gasteiger partial charge on any atom is -0.496 e. The zero-order valence-electron chi connectivity index (χ0n) is 15.4. The van der Waals surface area contributed by atoms with E-state index in [2.05, 4.69) is 4.99 Å². The molecular weight excluding hydrogens is 333 g/mol. The van der Waals surface area contributed by atoms with Crippen molar-refractivity contribution in [2.45, 2.75) is 51.8 Å². The lowest BCUT2D eigenvalue weighted by molar-refractivity contribution is -0.270. The van der Waals surface area contributed by atoms with Crippen LogP contribution in [0, 0.1) is 6.92 Å². The maximum Gasteiger partial charge on any atom is 0.421 e. The van der Waals surface area contributed by atoms with Crippen molar-refractivity contribution in [3.05, 3.63) is 23.3 Å². The summed E-state index contributed by atoms with van der Waals surface area (Å²) in [6.07, 6.45) is -2.81. The first-order valence-electron chi connectivity index (χ1n) is 8.33. The fourth-order valence-electron chi connectivity index (χ4n) is 2.41. The number of aliphatic hydroxyl groups is 1. The molecule has 1 atom stereocenters. The van der Waals surface area contributed by atoms with Crippen LogP contribution in [0.1, 0.15) is 44.2 Å². The quantitative estimate of drug-likeness (QED) is 0.546. The van der Waals surface area contributed by atoms with Crippen molar-refractivity contribution < 1.29 is 23.0 Å². The van der Waals surface area contributed by atoms with Gasteiger partial charge in [0.2, 0.25) is 0 Å². The van der Waals surface area contributed by atoms with Gasteiger partial charge >= 0.3 is 6.18 Å². The highest BCUT2D eigenvalue weighted by Gasteiger charge is 2.55. The largest absolute Gasteiger partial charge is 0.496 e. The van der Waals surface area contributed by atoms with Crippen LogP contribution in [-0.2, 0) is 5.60 Å². The van der Waals surface area contributed by atoms with Gasteiger partial charge in [-0.3, -0.25) is 0 Å². The molecule has 0 aliphatic heterocycles. The highest BCUT2D eigenvalue weighted by molar-refractivity contribution is 5.65. The first-order valence-corrected chi connectivity index (χ1v) is 8.33. The molecule has 1 aromatic carbocycles. The van der Waals surface area contributed by atoms with E-state index < -0.39 is 18.2 Å². The number of alkyl halides is 3. The van der Waals surface area contributed by atoms with Gasteiger partial charge in [0, 0.05) is 25.2 Å². The van der Waals surface area contributed by atoms with Crippen molar-refractivity contribution in [2.75, 3.05) is 20.7 Å². The number of halogens is 3. The third-order valence-electron chi connectivity index (χ3n) is 4.22. The number of ether oxygens (including phenoxy) is 1. The van der Waals surface area contributed by atoms with E-state index in [-0.39, 0.29) is 17.7 Å². The Bertz CT molecular complexity index is 603. The van der Waals surface area contributed by atoms with E-state index in [4.69, 9.17) is 4.74 Å². The first-order chi connectivity index (χ1) is 11.6. The van der Waals surface area contributed by atoms with Crippen LogP contribution in [0.5, 0.6) is 5.75 Å². The average Bonchev–Trinajstić information content (AvgIpc) is 2.56. The topological polar surface area (TPSA) is 45.1 Å². The Balaban J connectivity index is 3.43. The summed E-state index contributed by atoms with van der Waals surface area (Å²) >= 11 is 0. The van der Waals surface area contributed by atoms with Gasteiger partial charge in [-0.05, 0) is 31.9 Å². The van der Waals surface area contributed by atoms with Gasteiger partial charge in [-0.1, -0.05) is 19.8 Å². The van der Waals surface area contributed by atoms with E-state index in [0.717, 1.165) is 6.54 Å². The van der Waals surface area contributed by atoms with Gasteiger partial charge in [-0.25, -0.2) is 4.99 Å². The Labute approximate surface area is 147 Å². The zero-order chi connectivity index (χ0) is 19.3. The molecule has 7 heteroatoms. The summed E-state index contributed by atoms with van der Waals surface area (Å²) < 4.78 is 46.0. The number of benzene rings is 1. The smallest absolute Gasteiger partial charge is 0.421 e. The van der Waals surface area contributed by atoms with Crippen LogP contribution in [0.15, 0.2) is 17.1 Å². The molecule has 0 saturated carbocycles. The molecule has 1 rings (SSSR count). The lowest BCUT2D eigenvalue weighted by Crippen LogP contribution is -2.42. The maximum absolute atomic E-state index is 13.6. The monoisotopic (exact) mass is 360 g/mol. The van der Waals surface area contributed by atoms with Gasteiger partial charge in [0.1, 0.15) is 5.75 Å². The van der Waals surface area contributed by atoms with Gasteiger partial charge in [0.05, 0.1) is 19.1 Å². The Morgan fingerprint density at radius 2 is 1.92 bits per heavy atom. The molecule has 0 aliphatic carbocycles. The Morgan fingerprint density at radius 3 is 2.40 bits per heavy atom. The minimum atomic E-state index is -4.80. The van der Waals surface area contributed by atoms with Gasteiger partial charge in [-0.2, -0.15) is 13.2 Å². The summed E-state index contributed by atoms with van der Waals surface area (Å²) in [7, 11) is 3.13. The lowest BCUT2D eigenvalue weighted by atomic mass is 9.86. The molecule has 0 saturated heterocycles. The third kappa shape index (κ3) is 4.87. The predicted molar refractivity (Wildman–Crippen MR) is 93.7 cm³/mol. The van der Waals surface area contributed by atoms with Crippen LogP contribution in [0.2, 0.25) is 0 Å². The molecule has 0 radical (unpaired) electrons. The SMILES string of the molecule is CCCCC(O)(c1cc(C)c(/N=C/N(C)CC)cc1OC)C(F)(F)F. The second kappa shape index (κ2) is 8.56. The molecule has 0 aromatic heterocycles. The van der Waals surface area contributed by atoms with Crippen molar-refractivity contribution in [3.8, 4) is 5.75 Å². The van der Waals surface area contributed by atoms with Crippen LogP contribution >= 0.6 is 0 Å². The van der Waals surface area contributed by atoms with Crippen molar-refractivity contribution >= 4 is 12.0 Å². The molecule has 0 amide bonds. The minimum absolute atomic E-state index is 0.0205. The van der Waals surface area contributed by atoms with Crippen molar-refractivity contribution in [3.63, 3.8) is 0 Å². The summed E-state index contributed by atoms with van der Waals surface area (Å²) in [5.74, 6) is -0.0205. The summed E-state index contributed by atoms with van der Waals surface area (Å²) in [4.78, 5) is 6.13. The Morgan fingerprint density at radius 1 is 1.28 bits per heavy atom. The molecular formula is C18H27F3N2O2. The van der Waals surface area contributed by atoms with Gasteiger partial charge in [0.25, 0.3) is 0 Å². The first kappa shape index (κ1) is 21.3. The second-order valence-electron chi connectivity index (χ2n) is 6.12. The molecule has 0 heterocycles. The highest BCUT2D eigenvalue weighted by Crippen LogP contribution is 2.47. The summed E-state index contributed by atoms with van der Waals surface area (Å²) in [5.41, 5.74) is -2.17.